The molecular formula is C24H31Cl2N3O5S. The summed E-state index contributed by atoms with van der Waals surface area (Å²) >= 11 is 6.04. The minimum absolute atomic E-state index is 0. The summed E-state index contributed by atoms with van der Waals surface area (Å²) in [5.41, 5.74) is 5.98. The average Bonchev–Trinajstić information content (AvgIpc) is 2.83. The third-order valence-corrected chi connectivity index (χ3v) is 8.81. The first-order valence-electron chi connectivity index (χ1n) is 11.6. The fourth-order valence-corrected chi connectivity index (χ4v) is 6.44. The summed E-state index contributed by atoms with van der Waals surface area (Å²) in [6.07, 6.45) is 2.88. The van der Waals surface area contributed by atoms with E-state index >= 15 is 0 Å². The fourth-order valence-electron chi connectivity index (χ4n) is 4.79. The number of amides is 1. The highest BCUT2D eigenvalue weighted by Gasteiger charge is 2.42. The maximum atomic E-state index is 13.5. The molecule has 1 saturated heterocycles. The van der Waals surface area contributed by atoms with Crippen LogP contribution in [0.1, 0.15) is 32.6 Å². The zero-order valence-electron chi connectivity index (χ0n) is 19.6. The maximum absolute atomic E-state index is 13.5. The van der Waals surface area contributed by atoms with Crippen LogP contribution in [0, 0.1) is 5.92 Å². The number of nitrogens with two attached hydrogens (primary N) is 1. The van der Waals surface area contributed by atoms with Gasteiger partial charge in [0.25, 0.3) is 0 Å². The molecule has 2 aromatic carbocycles. The second kappa shape index (κ2) is 11.4. The van der Waals surface area contributed by atoms with Gasteiger partial charge in [0, 0.05) is 36.6 Å². The lowest BCUT2D eigenvalue weighted by atomic mass is 9.85. The summed E-state index contributed by atoms with van der Waals surface area (Å²) in [6.45, 7) is 1.93. The van der Waals surface area contributed by atoms with Crippen molar-refractivity contribution in [1.29, 1.82) is 0 Å². The smallest absolute Gasteiger partial charge is 0.330 e. The molecule has 1 aliphatic carbocycles. The maximum Gasteiger partial charge on any atom is 0.330 e. The van der Waals surface area contributed by atoms with Crippen LogP contribution in [0.15, 0.2) is 41.3 Å². The third kappa shape index (κ3) is 5.91. The lowest BCUT2D eigenvalue weighted by Gasteiger charge is -2.41. The van der Waals surface area contributed by atoms with E-state index in [0.29, 0.717) is 17.9 Å². The lowest BCUT2D eigenvalue weighted by Crippen LogP contribution is -2.60. The molecule has 0 spiro atoms. The Balaban J connectivity index is 0.00000342. The number of fused-ring (bicyclic) bond motifs is 1. The van der Waals surface area contributed by atoms with Gasteiger partial charge in [0.15, 0.2) is 0 Å². The number of nitrogens with zero attached hydrogens (tertiary/aromatic N) is 2. The quantitative estimate of drug-likeness (QED) is 0.579. The van der Waals surface area contributed by atoms with E-state index in [-0.39, 0.29) is 61.4 Å². The molecule has 1 amide bonds. The molecule has 35 heavy (non-hydrogen) atoms. The number of esters is 1. The van der Waals surface area contributed by atoms with E-state index < -0.39 is 22.0 Å². The Morgan fingerprint density at radius 2 is 1.71 bits per heavy atom. The van der Waals surface area contributed by atoms with Gasteiger partial charge in [0.05, 0.1) is 11.5 Å². The minimum atomic E-state index is -3.89. The monoisotopic (exact) mass is 543 g/mol. The summed E-state index contributed by atoms with van der Waals surface area (Å²) < 4.78 is 33.4. The summed E-state index contributed by atoms with van der Waals surface area (Å²) in [4.78, 5) is 27.7. The molecule has 1 heterocycles. The van der Waals surface area contributed by atoms with E-state index in [4.69, 9.17) is 22.1 Å². The van der Waals surface area contributed by atoms with Gasteiger partial charge in [0.1, 0.15) is 6.04 Å². The number of ether oxygens (including phenoxy) is 1. The molecule has 1 unspecified atom stereocenters. The molecule has 0 radical (unpaired) electrons. The van der Waals surface area contributed by atoms with Crippen molar-refractivity contribution in [2.45, 2.75) is 49.6 Å². The number of rotatable bonds is 5. The summed E-state index contributed by atoms with van der Waals surface area (Å²) in [5.74, 6) is -0.909. The average molecular weight is 545 g/mol. The van der Waals surface area contributed by atoms with Gasteiger partial charge in [-0.15, -0.1) is 12.4 Å². The number of piperazine rings is 1. The summed E-state index contributed by atoms with van der Waals surface area (Å²) in [5, 5.41) is 2.15. The number of halogens is 2. The number of carbonyl (C=O) groups excluding carboxylic acids is 2. The molecule has 192 valence electrons. The van der Waals surface area contributed by atoms with Crippen molar-refractivity contribution in [3.63, 3.8) is 0 Å². The number of sulfonamides is 1. The highest BCUT2D eigenvalue weighted by Crippen LogP contribution is 2.29. The Kier molecular flexibility index (Phi) is 9.04. The molecule has 2 N–H and O–H groups in total. The van der Waals surface area contributed by atoms with E-state index in [1.54, 1.807) is 37.3 Å². The van der Waals surface area contributed by atoms with Gasteiger partial charge in [-0.25, -0.2) is 13.2 Å². The second-order valence-corrected chi connectivity index (χ2v) is 11.3. The van der Waals surface area contributed by atoms with E-state index in [1.165, 1.54) is 15.3 Å². The zero-order valence-corrected chi connectivity index (χ0v) is 21.9. The molecule has 0 bridgehead atoms. The molecule has 1 saturated carbocycles. The normalized spacial score (nSPS) is 23.5. The standard InChI is InChI=1S/C24H30ClN3O5S.ClH/c1-2-33-24(30)22-15-27(11-12-28(22)23(29)16-4-8-20(26)9-5-16)34(31,32)21-10-6-17-13-19(25)7-3-18(17)14-21;/h3,6-7,10,13-14,16,20,22H,2,4-5,8-9,11-12,15,26H2,1H3;1H. The van der Waals surface area contributed by atoms with Crippen LogP contribution in [-0.4, -0.2) is 67.8 Å². The molecule has 0 aromatic heterocycles. The van der Waals surface area contributed by atoms with Crippen molar-refractivity contribution in [2.75, 3.05) is 26.2 Å². The molecule has 1 atom stereocenters. The van der Waals surface area contributed by atoms with Gasteiger partial charge < -0.3 is 15.4 Å². The second-order valence-electron chi connectivity index (χ2n) is 8.93. The van der Waals surface area contributed by atoms with Crippen molar-refractivity contribution in [3.05, 3.63) is 41.4 Å². The first-order chi connectivity index (χ1) is 16.2. The van der Waals surface area contributed by atoms with Crippen LogP contribution in [0.3, 0.4) is 0 Å². The Morgan fingerprint density at radius 1 is 1.06 bits per heavy atom. The summed E-state index contributed by atoms with van der Waals surface area (Å²) in [7, 11) is -3.89. The van der Waals surface area contributed by atoms with Gasteiger partial charge in [-0.1, -0.05) is 23.7 Å². The van der Waals surface area contributed by atoms with Gasteiger partial charge in [-0.05, 0) is 67.6 Å². The van der Waals surface area contributed by atoms with E-state index in [9.17, 15) is 18.0 Å². The molecular weight excluding hydrogens is 513 g/mol. The molecule has 2 aliphatic rings. The Morgan fingerprint density at radius 3 is 2.40 bits per heavy atom. The van der Waals surface area contributed by atoms with Gasteiger partial charge >= 0.3 is 5.97 Å². The van der Waals surface area contributed by atoms with E-state index in [1.807, 2.05) is 0 Å². The van der Waals surface area contributed by atoms with Crippen LogP contribution in [0.5, 0.6) is 0 Å². The number of benzene rings is 2. The number of hydrogen-bond donors (Lipinski definition) is 1. The highest BCUT2D eigenvalue weighted by atomic mass is 35.5. The predicted octanol–water partition coefficient (Wildman–Crippen LogP) is 3.20. The highest BCUT2D eigenvalue weighted by molar-refractivity contribution is 7.89. The van der Waals surface area contributed by atoms with Crippen LogP contribution >= 0.6 is 24.0 Å². The van der Waals surface area contributed by atoms with Crippen molar-refractivity contribution in [2.24, 2.45) is 11.7 Å². The molecule has 2 fully saturated rings. The van der Waals surface area contributed by atoms with Crippen LogP contribution in [0.2, 0.25) is 5.02 Å². The fraction of sp³-hybridized carbons (Fsp3) is 0.500. The molecule has 2 aromatic rings. The van der Waals surface area contributed by atoms with E-state index in [2.05, 4.69) is 0 Å². The Bertz CT molecular complexity index is 1180. The van der Waals surface area contributed by atoms with Gasteiger partial charge in [-0.2, -0.15) is 4.31 Å². The molecule has 11 heteroatoms. The van der Waals surface area contributed by atoms with Crippen molar-refractivity contribution < 1.29 is 22.7 Å². The molecule has 8 nitrogen and oxygen atoms in total. The van der Waals surface area contributed by atoms with Crippen molar-refractivity contribution in [3.8, 4) is 0 Å². The number of hydrogen-bond acceptors (Lipinski definition) is 6. The van der Waals surface area contributed by atoms with Crippen LogP contribution in [0.25, 0.3) is 10.8 Å². The Hall–Kier alpha value is -1.91. The minimum Gasteiger partial charge on any atom is -0.464 e. The lowest BCUT2D eigenvalue weighted by molar-refractivity contribution is -0.159. The van der Waals surface area contributed by atoms with Gasteiger partial charge in [0.2, 0.25) is 15.9 Å². The van der Waals surface area contributed by atoms with Gasteiger partial charge in [-0.3, -0.25) is 4.79 Å². The zero-order chi connectivity index (χ0) is 24.5. The Labute approximate surface area is 217 Å². The van der Waals surface area contributed by atoms with Crippen molar-refractivity contribution >= 4 is 56.7 Å². The first-order valence-corrected chi connectivity index (χ1v) is 13.4. The van der Waals surface area contributed by atoms with Crippen LogP contribution in [0.4, 0.5) is 0 Å². The molecule has 1 aliphatic heterocycles. The number of carbonyl (C=O) groups is 2. The first kappa shape index (κ1) is 27.7. The predicted molar refractivity (Wildman–Crippen MR) is 137 cm³/mol. The summed E-state index contributed by atoms with van der Waals surface area (Å²) in [6, 6.07) is 9.22. The largest absolute Gasteiger partial charge is 0.464 e. The van der Waals surface area contributed by atoms with Crippen LogP contribution in [-0.2, 0) is 24.3 Å². The van der Waals surface area contributed by atoms with Crippen molar-refractivity contribution in [1.82, 2.24) is 9.21 Å². The molecule has 4 rings (SSSR count). The van der Waals surface area contributed by atoms with Crippen LogP contribution < -0.4 is 5.73 Å². The topological polar surface area (TPSA) is 110 Å². The van der Waals surface area contributed by atoms with E-state index in [0.717, 1.165) is 23.6 Å². The third-order valence-electron chi connectivity index (χ3n) is 6.72. The SMILES string of the molecule is CCOC(=O)C1CN(S(=O)(=O)c2ccc3cc(Cl)ccc3c2)CCN1C(=O)C1CCC(N)CC1.Cl.